The number of halogens is 1. The first kappa shape index (κ1) is 20.6. The molecule has 0 fully saturated rings. The lowest BCUT2D eigenvalue weighted by molar-refractivity contribution is 0.0965. The fourth-order valence-corrected chi connectivity index (χ4v) is 3.50. The van der Waals surface area contributed by atoms with Crippen LogP contribution in [0, 0.1) is 0 Å². The standard InChI is InChI=1S/C23H19BrN4O3/c1-27(23(30)20-10-11-21(24)31-20)19-9-3-2-8-18(19)22(29)26-17-7-4-6-16(14-17)15-28-13-5-12-25-28/h2-14H,15H2,1H3,(H,26,29). The molecular formula is C23H19BrN4O3. The number of rotatable bonds is 6. The van der Waals surface area contributed by atoms with Crippen molar-refractivity contribution in [2.45, 2.75) is 6.54 Å². The molecule has 2 aromatic heterocycles. The molecule has 2 amide bonds. The van der Waals surface area contributed by atoms with Gasteiger partial charge in [-0.15, -0.1) is 0 Å². The third-order valence-corrected chi connectivity index (χ3v) is 5.11. The summed E-state index contributed by atoms with van der Waals surface area (Å²) in [6, 6.07) is 19.6. The van der Waals surface area contributed by atoms with Gasteiger partial charge in [-0.2, -0.15) is 5.10 Å². The van der Waals surface area contributed by atoms with Crippen molar-refractivity contribution in [2.24, 2.45) is 0 Å². The topological polar surface area (TPSA) is 80.4 Å². The van der Waals surface area contributed by atoms with E-state index in [4.69, 9.17) is 4.42 Å². The Kier molecular flexibility index (Phi) is 5.99. The van der Waals surface area contributed by atoms with Gasteiger partial charge in [-0.3, -0.25) is 14.3 Å². The Morgan fingerprint density at radius 2 is 1.94 bits per heavy atom. The van der Waals surface area contributed by atoms with Crippen molar-refractivity contribution < 1.29 is 14.0 Å². The molecule has 0 aliphatic carbocycles. The van der Waals surface area contributed by atoms with Gasteiger partial charge in [-0.1, -0.05) is 24.3 Å². The molecule has 4 rings (SSSR count). The number of benzene rings is 2. The second-order valence-corrected chi connectivity index (χ2v) is 7.62. The highest BCUT2D eigenvalue weighted by Crippen LogP contribution is 2.24. The molecule has 0 aliphatic rings. The molecule has 31 heavy (non-hydrogen) atoms. The SMILES string of the molecule is CN(C(=O)c1ccc(Br)o1)c1ccccc1C(=O)Nc1cccc(Cn2cccn2)c1. The molecule has 7 nitrogen and oxygen atoms in total. The number of aromatic nitrogens is 2. The van der Waals surface area contributed by atoms with Gasteiger partial charge >= 0.3 is 0 Å². The summed E-state index contributed by atoms with van der Waals surface area (Å²) in [5.74, 6) is -0.491. The van der Waals surface area contributed by atoms with Crippen LogP contribution in [-0.4, -0.2) is 28.6 Å². The fraction of sp³-hybridized carbons (Fsp3) is 0.0870. The van der Waals surface area contributed by atoms with E-state index in [0.29, 0.717) is 28.2 Å². The molecule has 8 heteroatoms. The van der Waals surface area contributed by atoms with E-state index in [1.807, 2.05) is 41.2 Å². The minimum atomic E-state index is -0.354. The summed E-state index contributed by atoms with van der Waals surface area (Å²) in [6.07, 6.45) is 3.60. The van der Waals surface area contributed by atoms with Crippen LogP contribution in [0.15, 0.2) is 88.2 Å². The van der Waals surface area contributed by atoms with Crippen LogP contribution in [0.5, 0.6) is 0 Å². The first-order valence-electron chi connectivity index (χ1n) is 9.51. The Balaban J connectivity index is 1.54. The summed E-state index contributed by atoms with van der Waals surface area (Å²) in [4.78, 5) is 27.2. The van der Waals surface area contributed by atoms with E-state index < -0.39 is 0 Å². The average Bonchev–Trinajstić information content (AvgIpc) is 3.44. The number of hydrogen-bond acceptors (Lipinski definition) is 4. The number of amides is 2. The van der Waals surface area contributed by atoms with Gasteiger partial charge in [0.2, 0.25) is 0 Å². The van der Waals surface area contributed by atoms with Crippen LogP contribution in [-0.2, 0) is 6.54 Å². The first-order valence-corrected chi connectivity index (χ1v) is 10.3. The molecule has 0 bridgehead atoms. The molecule has 4 aromatic rings. The molecule has 0 saturated heterocycles. The molecule has 0 aliphatic heterocycles. The summed E-state index contributed by atoms with van der Waals surface area (Å²) >= 11 is 3.20. The molecule has 156 valence electrons. The fourth-order valence-electron chi connectivity index (χ4n) is 3.19. The predicted octanol–water partition coefficient (Wildman–Crippen LogP) is 4.82. The molecule has 2 heterocycles. The van der Waals surface area contributed by atoms with Crippen LogP contribution in [0.3, 0.4) is 0 Å². The number of para-hydroxylation sites is 1. The van der Waals surface area contributed by atoms with E-state index in [1.54, 1.807) is 49.6 Å². The first-order chi connectivity index (χ1) is 15.0. The Labute approximate surface area is 187 Å². The van der Waals surface area contributed by atoms with Crippen LogP contribution in [0.25, 0.3) is 0 Å². The zero-order chi connectivity index (χ0) is 21.8. The molecule has 0 spiro atoms. The van der Waals surface area contributed by atoms with Crippen molar-refractivity contribution in [1.29, 1.82) is 0 Å². The van der Waals surface area contributed by atoms with Crippen molar-refractivity contribution in [3.05, 3.63) is 101 Å². The number of carbonyl (C=O) groups excluding carboxylic acids is 2. The van der Waals surface area contributed by atoms with Gasteiger partial charge < -0.3 is 14.6 Å². The van der Waals surface area contributed by atoms with Gasteiger partial charge in [-0.05, 0) is 64.0 Å². The minimum absolute atomic E-state index is 0.177. The van der Waals surface area contributed by atoms with Gasteiger partial charge in [0.15, 0.2) is 10.4 Å². The summed E-state index contributed by atoms with van der Waals surface area (Å²) < 4.78 is 7.63. The zero-order valence-electron chi connectivity index (χ0n) is 16.7. The summed E-state index contributed by atoms with van der Waals surface area (Å²) in [6.45, 7) is 0.600. The zero-order valence-corrected chi connectivity index (χ0v) is 18.2. The second-order valence-electron chi connectivity index (χ2n) is 6.84. The van der Waals surface area contributed by atoms with E-state index in [2.05, 4.69) is 26.3 Å². The summed E-state index contributed by atoms with van der Waals surface area (Å²) in [5, 5.41) is 7.12. The lowest BCUT2D eigenvalue weighted by atomic mass is 10.1. The van der Waals surface area contributed by atoms with Gasteiger partial charge in [0, 0.05) is 25.1 Å². The van der Waals surface area contributed by atoms with Gasteiger partial charge in [0.1, 0.15) is 0 Å². The highest BCUT2D eigenvalue weighted by atomic mass is 79.9. The Bertz CT molecular complexity index is 1220. The molecule has 0 saturated carbocycles. The van der Waals surface area contributed by atoms with Crippen molar-refractivity contribution in [3.63, 3.8) is 0 Å². The normalized spacial score (nSPS) is 10.6. The van der Waals surface area contributed by atoms with Crippen LogP contribution >= 0.6 is 15.9 Å². The predicted molar refractivity (Wildman–Crippen MR) is 121 cm³/mol. The molecule has 0 unspecified atom stereocenters. The Morgan fingerprint density at radius 1 is 1.10 bits per heavy atom. The molecular weight excluding hydrogens is 460 g/mol. The molecule has 2 aromatic carbocycles. The number of nitrogens with zero attached hydrogens (tertiary/aromatic N) is 3. The maximum atomic E-state index is 13.0. The van der Waals surface area contributed by atoms with E-state index in [0.717, 1.165) is 5.56 Å². The van der Waals surface area contributed by atoms with E-state index >= 15 is 0 Å². The maximum absolute atomic E-state index is 13.0. The van der Waals surface area contributed by atoms with Crippen molar-refractivity contribution in [1.82, 2.24) is 9.78 Å². The number of nitrogens with one attached hydrogen (secondary N) is 1. The lowest BCUT2D eigenvalue weighted by Gasteiger charge is -2.19. The second kappa shape index (κ2) is 9.01. The van der Waals surface area contributed by atoms with Gasteiger partial charge in [-0.25, -0.2) is 0 Å². The Morgan fingerprint density at radius 3 is 2.68 bits per heavy atom. The minimum Gasteiger partial charge on any atom is -0.444 e. The largest absolute Gasteiger partial charge is 0.444 e. The maximum Gasteiger partial charge on any atom is 0.293 e. The van der Waals surface area contributed by atoms with Crippen molar-refractivity contribution in [2.75, 3.05) is 17.3 Å². The smallest absolute Gasteiger partial charge is 0.293 e. The quantitative estimate of drug-likeness (QED) is 0.430. The third kappa shape index (κ3) is 4.75. The van der Waals surface area contributed by atoms with Crippen LogP contribution < -0.4 is 10.2 Å². The van der Waals surface area contributed by atoms with Crippen molar-refractivity contribution >= 4 is 39.1 Å². The summed E-state index contributed by atoms with van der Waals surface area (Å²) in [5.41, 5.74) is 2.52. The average molecular weight is 479 g/mol. The molecule has 0 atom stereocenters. The molecule has 0 radical (unpaired) electrons. The van der Waals surface area contributed by atoms with E-state index in [9.17, 15) is 9.59 Å². The van der Waals surface area contributed by atoms with Crippen LogP contribution in [0.2, 0.25) is 0 Å². The van der Waals surface area contributed by atoms with Crippen molar-refractivity contribution in [3.8, 4) is 0 Å². The van der Waals surface area contributed by atoms with Gasteiger partial charge in [0.25, 0.3) is 11.8 Å². The number of carbonyl (C=O) groups is 2. The van der Waals surface area contributed by atoms with Crippen LogP contribution in [0.1, 0.15) is 26.5 Å². The number of furan rings is 1. The van der Waals surface area contributed by atoms with E-state index in [-0.39, 0.29) is 17.6 Å². The number of hydrogen-bond donors (Lipinski definition) is 1. The van der Waals surface area contributed by atoms with Crippen LogP contribution in [0.4, 0.5) is 11.4 Å². The monoisotopic (exact) mass is 478 g/mol. The summed E-state index contributed by atoms with van der Waals surface area (Å²) in [7, 11) is 1.61. The van der Waals surface area contributed by atoms with Gasteiger partial charge in [0.05, 0.1) is 17.8 Å². The highest BCUT2D eigenvalue weighted by Gasteiger charge is 2.22. The highest BCUT2D eigenvalue weighted by molar-refractivity contribution is 9.10. The lowest BCUT2D eigenvalue weighted by Crippen LogP contribution is -2.28. The third-order valence-electron chi connectivity index (χ3n) is 4.69. The van der Waals surface area contributed by atoms with E-state index in [1.165, 1.54) is 4.90 Å². The number of anilines is 2. The Hall–Kier alpha value is -3.65. The molecule has 1 N–H and O–H groups in total.